The Bertz CT molecular complexity index is 1240. The molecule has 9 heteroatoms. The number of nitrogens with zero attached hydrogens (tertiary/aromatic N) is 4. The zero-order valence-corrected chi connectivity index (χ0v) is 16.3. The number of benzene rings is 2. The van der Waals surface area contributed by atoms with Gasteiger partial charge in [0.1, 0.15) is 12.1 Å². The van der Waals surface area contributed by atoms with Gasteiger partial charge in [-0.3, -0.25) is 15.1 Å². The summed E-state index contributed by atoms with van der Waals surface area (Å²) in [7, 11) is 1.55. The Morgan fingerprint density at radius 2 is 1.77 bits per heavy atom. The summed E-state index contributed by atoms with van der Waals surface area (Å²) in [5.41, 5.74) is 2.49. The number of nitrogens with one attached hydrogen (secondary N) is 2. The number of aryl methyl sites for hydroxylation is 1. The lowest BCUT2D eigenvalue weighted by molar-refractivity contribution is -0.383. The van der Waals surface area contributed by atoms with Crippen molar-refractivity contribution in [1.82, 2.24) is 15.0 Å². The third kappa shape index (κ3) is 3.81. The maximum absolute atomic E-state index is 11.9. The summed E-state index contributed by atoms with van der Waals surface area (Å²) >= 11 is 0. The second kappa shape index (κ2) is 8.00. The minimum atomic E-state index is -0.519. The topological polar surface area (TPSA) is 115 Å². The van der Waals surface area contributed by atoms with Crippen molar-refractivity contribution >= 4 is 39.6 Å². The van der Waals surface area contributed by atoms with E-state index in [0.29, 0.717) is 22.6 Å². The van der Waals surface area contributed by atoms with Crippen molar-refractivity contribution < 1.29 is 9.66 Å². The summed E-state index contributed by atoms with van der Waals surface area (Å²) in [6, 6.07) is 16.5. The van der Waals surface area contributed by atoms with Crippen LogP contribution < -0.4 is 15.4 Å². The van der Waals surface area contributed by atoms with E-state index in [9.17, 15) is 10.1 Å². The van der Waals surface area contributed by atoms with E-state index < -0.39 is 4.92 Å². The van der Waals surface area contributed by atoms with E-state index in [1.165, 1.54) is 6.33 Å². The van der Waals surface area contributed by atoms with Crippen LogP contribution in [0.25, 0.3) is 10.9 Å². The zero-order chi connectivity index (χ0) is 21.1. The number of anilines is 4. The summed E-state index contributed by atoms with van der Waals surface area (Å²) in [5.74, 6) is 0.749. The number of ether oxygens (including phenoxy) is 1. The second-order valence-electron chi connectivity index (χ2n) is 6.49. The molecule has 0 fully saturated rings. The highest BCUT2D eigenvalue weighted by Crippen LogP contribution is 2.34. The van der Waals surface area contributed by atoms with Gasteiger partial charge >= 0.3 is 5.69 Å². The third-order valence-corrected chi connectivity index (χ3v) is 4.45. The molecule has 4 aromatic rings. The van der Waals surface area contributed by atoms with Gasteiger partial charge in [0.05, 0.1) is 23.2 Å². The number of rotatable bonds is 6. The molecule has 0 atom stereocenters. The van der Waals surface area contributed by atoms with E-state index in [0.717, 1.165) is 11.1 Å². The van der Waals surface area contributed by atoms with Crippen molar-refractivity contribution in [3.63, 3.8) is 0 Å². The van der Waals surface area contributed by atoms with Crippen molar-refractivity contribution in [3.8, 4) is 5.75 Å². The molecule has 0 spiro atoms. The molecule has 2 aromatic carbocycles. The van der Waals surface area contributed by atoms with E-state index in [1.807, 2.05) is 31.2 Å². The summed E-state index contributed by atoms with van der Waals surface area (Å²) in [4.78, 5) is 24.1. The number of aromatic nitrogens is 3. The van der Waals surface area contributed by atoms with Gasteiger partial charge in [-0.2, -0.15) is 0 Å². The standard InChI is InChI=1S/C21H18N6O3/c1-13-9-10-14-5-3-8-17(18(14)24-13)26-21-19(27(28)29)20(22-12-23-21)25-15-6-4-7-16(11-15)30-2/h3-12H,1-2H3,(H2,22,23,25,26). The highest BCUT2D eigenvalue weighted by atomic mass is 16.6. The van der Waals surface area contributed by atoms with E-state index in [-0.39, 0.29) is 17.3 Å². The number of nitro groups is 1. The molecule has 0 amide bonds. The molecule has 0 aliphatic carbocycles. The van der Waals surface area contributed by atoms with Crippen LogP contribution in [0.1, 0.15) is 5.69 Å². The largest absolute Gasteiger partial charge is 0.497 e. The average Bonchev–Trinajstić information content (AvgIpc) is 2.74. The molecular formula is C21H18N6O3. The highest BCUT2D eigenvalue weighted by Gasteiger charge is 2.24. The van der Waals surface area contributed by atoms with Crippen molar-refractivity contribution in [2.24, 2.45) is 0 Å². The van der Waals surface area contributed by atoms with Crippen molar-refractivity contribution in [2.45, 2.75) is 6.92 Å². The van der Waals surface area contributed by atoms with Gasteiger partial charge in [-0.05, 0) is 31.2 Å². The second-order valence-corrected chi connectivity index (χ2v) is 6.49. The molecule has 4 rings (SSSR count). The van der Waals surface area contributed by atoms with Gasteiger partial charge < -0.3 is 15.4 Å². The minimum Gasteiger partial charge on any atom is -0.497 e. The molecule has 0 saturated carbocycles. The average molecular weight is 402 g/mol. The summed E-state index contributed by atoms with van der Waals surface area (Å²) in [6.45, 7) is 1.89. The fourth-order valence-electron chi connectivity index (χ4n) is 3.05. The van der Waals surface area contributed by atoms with Crippen LogP contribution in [-0.2, 0) is 0 Å². The van der Waals surface area contributed by atoms with Gasteiger partial charge in [-0.15, -0.1) is 0 Å². The third-order valence-electron chi connectivity index (χ3n) is 4.45. The fourth-order valence-corrected chi connectivity index (χ4v) is 3.05. The molecule has 2 heterocycles. The molecule has 0 bridgehead atoms. The Morgan fingerprint density at radius 1 is 1.00 bits per heavy atom. The van der Waals surface area contributed by atoms with Gasteiger partial charge in [-0.25, -0.2) is 9.97 Å². The van der Waals surface area contributed by atoms with Gasteiger partial charge in [0.25, 0.3) is 0 Å². The molecule has 150 valence electrons. The Morgan fingerprint density at radius 3 is 2.53 bits per heavy atom. The van der Waals surface area contributed by atoms with Gasteiger partial charge in [0.15, 0.2) is 0 Å². The normalized spacial score (nSPS) is 10.6. The van der Waals surface area contributed by atoms with Crippen molar-refractivity contribution in [2.75, 3.05) is 17.7 Å². The summed E-state index contributed by atoms with van der Waals surface area (Å²) in [6.07, 6.45) is 1.27. The van der Waals surface area contributed by atoms with E-state index in [1.54, 1.807) is 37.4 Å². The highest BCUT2D eigenvalue weighted by molar-refractivity contribution is 5.93. The predicted molar refractivity (Wildman–Crippen MR) is 115 cm³/mol. The molecule has 9 nitrogen and oxygen atoms in total. The number of fused-ring (bicyclic) bond motifs is 1. The smallest absolute Gasteiger partial charge is 0.353 e. The molecule has 0 unspecified atom stereocenters. The van der Waals surface area contributed by atoms with Crippen LogP contribution in [0.15, 0.2) is 60.9 Å². The van der Waals surface area contributed by atoms with Gasteiger partial charge in [0, 0.05) is 22.8 Å². The number of methoxy groups -OCH3 is 1. The predicted octanol–water partition coefficient (Wildman–Crippen LogP) is 4.74. The number of hydrogen-bond acceptors (Lipinski definition) is 8. The van der Waals surface area contributed by atoms with Crippen LogP contribution >= 0.6 is 0 Å². The van der Waals surface area contributed by atoms with Crippen LogP contribution in [0, 0.1) is 17.0 Å². The Labute approximate surface area is 171 Å². The quantitative estimate of drug-likeness (QED) is 0.351. The van der Waals surface area contributed by atoms with E-state index in [2.05, 4.69) is 25.6 Å². The number of pyridine rings is 1. The van der Waals surface area contributed by atoms with Crippen molar-refractivity contribution in [3.05, 3.63) is 76.7 Å². The van der Waals surface area contributed by atoms with Gasteiger partial charge in [-0.1, -0.05) is 24.3 Å². The lowest BCUT2D eigenvalue weighted by Crippen LogP contribution is -2.06. The van der Waals surface area contributed by atoms with Crippen LogP contribution in [0.2, 0.25) is 0 Å². The zero-order valence-electron chi connectivity index (χ0n) is 16.3. The van der Waals surface area contributed by atoms with Crippen molar-refractivity contribution in [1.29, 1.82) is 0 Å². The first-order valence-corrected chi connectivity index (χ1v) is 9.09. The Balaban J connectivity index is 1.75. The Kier molecular flexibility index (Phi) is 5.08. The molecule has 2 aromatic heterocycles. The van der Waals surface area contributed by atoms with Gasteiger partial charge in [0.2, 0.25) is 11.6 Å². The molecule has 0 radical (unpaired) electrons. The van der Waals surface area contributed by atoms with Crippen LogP contribution in [-0.4, -0.2) is 27.0 Å². The fraction of sp³-hybridized carbons (Fsp3) is 0.0952. The molecule has 2 N–H and O–H groups in total. The van der Waals surface area contributed by atoms with E-state index >= 15 is 0 Å². The SMILES string of the molecule is COc1cccc(Nc2ncnc(Nc3cccc4ccc(C)nc34)c2[N+](=O)[O-])c1. The first-order chi connectivity index (χ1) is 14.5. The summed E-state index contributed by atoms with van der Waals surface area (Å²) in [5, 5.41) is 18.8. The Hall–Kier alpha value is -4.27. The molecular weight excluding hydrogens is 384 g/mol. The lowest BCUT2D eigenvalue weighted by Gasteiger charge is -2.12. The molecule has 0 aliphatic heterocycles. The first kappa shape index (κ1) is 19.1. The van der Waals surface area contributed by atoms with Crippen LogP contribution in [0.4, 0.5) is 28.7 Å². The molecule has 30 heavy (non-hydrogen) atoms. The first-order valence-electron chi connectivity index (χ1n) is 9.09. The monoisotopic (exact) mass is 402 g/mol. The molecule has 0 saturated heterocycles. The molecule has 0 aliphatic rings. The van der Waals surface area contributed by atoms with Crippen LogP contribution in [0.3, 0.4) is 0 Å². The maximum atomic E-state index is 11.9. The van der Waals surface area contributed by atoms with E-state index in [4.69, 9.17) is 4.74 Å². The lowest BCUT2D eigenvalue weighted by atomic mass is 10.1. The minimum absolute atomic E-state index is 0.0649. The number of para-hydroxylation sites is 1. The maximum Gasteiger partial charge on any atom is 0.353 e. The van der Waals surface area contributed by atoms with Crippen LogP contribution in [0.5, 0.6) is 5.75 Å². The summed E-state index contributed by atoms with van der Waals surface area (Å²) < 4.78 is 5.20. The number of hydrogen-bond donors (Lipinski definition) is 2.